The molecule has 8 heteroatoms. The van der Waals surface area contributed by atoms with Crippen molar-refractivity contribution in [3.63, 3.8) is 0 Å². The Morgan fingerprint density at radius 3 is 2.62 bits per heavy atom. The number of pyridine rings is 1. The molecule has 0 N–H and O–H groups in total. The lowest BCUT2D eigenvalue weighted by molar-refractivity contribution is -0.385. The van der Waals surface area contributed by atoms with E-state index in [0.29, 0.717) is 23.2 Å². The number of benzene rings is 1. The quantitative estimate of drug-likeness (QED) is 0.437. The van der Waals surface area contributed by atoms with E-state index in [1.165, 1.54) is 0 Å². The lowest BCUT2D eigenvalue weighted by Crippen LogP contribution is -2.46. The van der Waals surface area contributed by atoms with Gasteiger partial charge in [0.2, 0.25) is 0 Å². The first-order valence-corrected chi connectivity index (χ1v) is 8.94. The number of nitro benzene ring substituents is 1. The molecule has 7 nitrogen and oxygen atoms in total. The Labute approximate surface area is 157 Å². The normalized spacial score (nSPS) is 15.1. The standard InChI is InChI=1S/C18H21ClN4O3/c1-2-26-16-5-3-4-15(18(16)23(24)25)22-10-8-21(9-11-22)13-14-6-7-17(19)20-12-14/h3-7,12H,2,8-11,13H2,1H3. The molecule has 1 aliphatic heterocycles. The third-order valence-electron chi connectivity index (χ3n) is 4.37. The SMILES string of the molecule is CCOc1cccc(N2CCN(Cc3ccc(Cl)nc3)CC2)c1[N+](=O)[O-]. The molecule has 3 rings (SSSR count). The minimum atomic E-state index is -0.355. The largest absolute Gasteiger partial charge is 0.487 e. The van der Waals surface area contributed by atoms with E-state index >= 15 is 0 Å². The predicted molar refractivity (Wildman–Crippen MR) is 101 cm³/mol. The molecule has 2 heterocycles. The predicted octanol–water partition coefficient (Wildman–Crippen LogP) is 3.36. The summed E-state index contributed by atoms with van der Waals surface area (Å²) in [6.45, 7) is 6.08. The van der Waals surface area contributed by atoms with Gasteiger partial charge in [-0.15, -0.1) is 0 Å². The van der Waals surface area contributed by atoms with Crippen molar-refractivity contribution in [1.29, 1.82) is 0 Å². The maximum absolute atomic E-state index is 11.6. The van der Waals surface area contributed by atoms with Gasteiger partial charge in [-0.05, 0) is 30.7 Å². The number of nitrogens with zero attached hydrogens (tertiary/aromatic N) is 4. The molecule has 1 saturated heterocycles. The molecule has 0 amide bonds. The van der Waals surface area contributed by atoms with Gasteiger partial charge in [0.05, 0.1) is 11.5 Å². The Morgan fingerprint density at radius 1 is 1.23 bits per heavy atom. The molecule has 0 atom stereocenters. The highest BCUT2D eigenvalue weighted by Crippen LogP contribution is 2.37. The number of piperazine rings is 1. The Morgan fingerprint density at radius 2 is 2.00 bits per heavy atom. The van der Waals surface area contributed by atoms with Crippen LogP contribution in [-0.2, 0) is 6.54 Å². The van der Waals surface area contributed by atoms with Crippen LogP contribution >= 0.6 is 11.6 Å². The summed E-state index contributed by atoms with van der Waals surface area (Å²) in [6.07, 6.45) is 1.78. The van der Waals surface area contributed by atoms with Crippen molar-refractivity contribution in [3.8, 4) is 5.75 Å². The highest BCUT2D eigenvalue weighted by atomic mass is 35.5. The average Bonchev–Trinajstić information content (AvgIpc) is 2.64. The van der Waals surface area contributed by atoms with E-state index in [4.69, 9.17) is 16.3 Å². The number of para-hydroxylation sites is 1. The number of nitro groups is 1. The minimum Gasteiger partial charge on any atom is -0.487 e. The summed E-state index contributed by atoms with van der Waals surface area (Å²) >= 11 is 5.82. The summed E-state index contributed by atoms with van der Waals surface area (Å²) in [5, 5.41) is 12.0. The fraction of sp³-hybridized carbons (Fsp3) is 0.389. The van der Waals surface area contributed by atoms with Crippen LogP contribution in [0.1, 0.15) is 12.5 Å². The fourth-order valence-electron chi connectivity index (χ4n) is 3.13. The summed E-state index contributed by atoms with van der Waals surface area (Å²) in [5.74, 6) is 0.324. The second-order valence-corrected chi connectivity index (χ2v) is 6.45. The van der Waals surface area contributed by atoms with Crippen LogP contribution < -0.4 is 9.64 Å². The van der Waals surface area contributed by atoms with Crippen molar-refractivity contribution >= 4 is 23.0 Å². The van der Waals surface area contributed by atoms with Crippen LogP contribution in [0.15, 0.2) is 36.5 Å². The zero-order chi connectivity index (χ0) is 18.5. The number of ether oxygens (including phenoxy) is 1. The van der Waals surface area contributed by atoms with Gasteiger partial charge in [0.15, 0.2) is 5.75 Å². The molecule has 138 valence electrons. The average molecular weight is 377 g/mol. The lowest BCUT2D eigenvalue weighted by Gasteiger charge is -2.35. The molecule has 1 aromatic carbocycles. The third kappa shape index (κ3) is 4.23. The van der Waals surface area contributed by atoms with Gasteiger partial charge in [-0.25, -0.2) is 4.98 Å². The molecule has 26 heavy (non-hydrogen) atoms. The van der Waals surface area contributed by atoms with Gasteiger partial charge in [0.1, 0.15) is 10.8 Å². The highest BCUT2D eigenvalue weighted by Gasteiger charge is 2.27. The molecule has 2 aromatic rings. The van der Waals surface area contributed by atoms with E-state index in [0.717, 1.165) is 38.3 Å². The van der Waals surface area contributed by atoms with Gasteiger partial charge in [-0.1, -0.05) is 23.7 Å². The summed E-state index contributed by atoms with van der Waals surface area (Å²) in [5.41, 5.74) is 1.77. The maximum Gasteiger partial charge on any atom is 0.333 e. The Kier molecular flexibility index (Phi) is 5.90. The zero-order valence-corrected chi connectivity index (χ0v) is 15.4. The van der Waals surface area contributed by atoms with E-state index in [-0.39, 0.29) is 10.6 Å². The number of hydrogen-bond donors (Lipinski definition) is 0. The van der Waals surface area contributed by atoms with E-state index in [1.807, 2.05) is 13.0 Å². The molecule has 0 aliphatic carbocycles. The maximum atomic E-state index is 11.6. The minimum absolute atomic E-state index is 0.0460. The Balaban J connectivity index is 1.69. The molecular weight excluding hydrogens is 356 g/mol. The van der Waals surface area contributed by atoms with Gasteiger partial charge < -0.3 is 9.64 Å². The van der Waals surface area contributed by atoms with Crippen LogP contribution in [0.25, 0.3) is 0 Å². The van der Waals surface area contributed by atoms with Crippen molar-refractivity contribution in [1.82, 2.24) is 9.88 Å². The molecule has 0 bridgehead atoms. The van der Waals surface area contributed by atoms with Gasteiger partial charge in [0.25, 0.3) is 0 Å². The van der Waals surface area contributed by atoms with Crippen LogP contribution in [0.5, 0.6) is 5.75 Å². The van der Waals surface area contributed by atoms with E-state index < -0.39 is 0 Å². The zero-order valence-electron chi connectivity index (χ0n) is 14.6. The van der Waals surface area contributed by atoms with Crippen molar-refractivity contribution in [2.45, 2.75) is 13.5 Å². The topological polar surface area (TPSA) is 71.7 Å². The lowest BCUT2D eigenvalue weighted by atomic mass is 10.2. The van der Waals surface area contributed by atoms with Crippen LogP contribution in [0.3, 0.4) is 0 Å². The Bertz CT molecular complexity index is 762. The summed E-state index contributed by atoms with van der Waals surface area (Å²) in [4.78, 5) is 19.7. The van der Waals surface area contributed by atoms with Crippen LogP contribution in [-0.4, -0.2) is 47.6 Å². The van der Waals surface area contributed by atoms with Crippen molar-refractivity contribution < 1.29 is 9.66 Å². The first kappa shape index (κ1) is 18.4. The monoisotopic (exact) mass is 376 g/mol. The van der Waals surface area contributed by atoms with E-state index in [1.54, 1.807) is 30.5 Å². The molecule has 1 fully saturated rings. The van der Waals surface area contributed by atoms with Crippen LogP contribution in [0.4, 0.5) is 11.4 Å². The summed E-state index contributed by atoms with van der Waals surface area (Å²) in [6, 6.07) is 9.00. The number of halogens is 1. The van der Waals surface area contributed by atoms with Crippen molar-refractivity contribution in [2.24, 2.45) is 0 Å². The molecule has 0 radical (unpaired) electrons. The molecule has 1 aromatic heterocycles. The molecule has 1 aliphatic rings. The second-order valence-electron chi connectivity index (χ2n) is 6.07. The second kappa shape index (κ2) is 8.33. The van der Waals surface area contributed by atoms with Gasteiger partial charge >= 0.3 is 5.69 Å². The number of aromatic nitrogens is 1. The smallest absolute Gasteiger partial charge is 0.333 e. The third-order valence-corrected chi connectivity index (χ3v) is 4.59. The summed E-state index contributed by atoms with van der Waals surface area (Å²) < 4.78 is 5.44. The van der Waals surface area contributed by atoms with Crippen LogP contribution in [0, 0.1) is 10.1 Å². The molecular formula is C18H21ClN4O3. The Hall–Kier alpha value is -2.38. The number of anilines is 1. The van der Waals surface area contributed by atoms with Crippen molar-refractivity contribution in [3.05, 3.63) is 57.4 Å². The van der Waals surface area contributed by atoms with Gasteiger partial charge in [-0.2, -0.15) is 0 Å². The fourth-order valence-corrected chi connectivity index (χ4v) is 3.24. The van der Waals surface area contributed by atoms with Crippen LogP contribution in [0.2, 0.25) is 5.15 Å². The van der Waals surface area contributed by atoms with Gasteiger partial charge in [-0.3, -0.25) is 15.0 Å². The molecule has 0 spiro atoms. The van der Waals surface area contributed by atoms with E-state index in [2.05, 4.69) is 14.8 Å². The summed E-state index contributed by atoms with van der Waals surface area (Å²) in [7, 11) is 0. The highest BCUT2D eigenvalue weighted by molar-refractivity contribution is 6.29. The number of hydrogen-bond acceptors (Lipinski definition) is 6. The van der Waals surface area contributed by atoms with E-state index in [9.17, 15) is 10.1 Å². The first-order valence-electron chi connectivity index (χ1n) is 8.56. The van der Waals surface area contributed by atoms with Crippen molar-refractivity contribution in [2.75, 3.05) is 37.7 Å². The number of rotatable bonds is 6. The molecule has 0 unspecified atom stereocenters. The first-order chi connectivity index (χ1) is 12.6. The van der Waals surface area contributed by atoms with Gasteiger partial charge in [0, 0.05) is 38.9 Å². The molecule has 0 saturated carbocycles.